The van der Waals surface area contributed by atoms with Crippen LogP contribution in [-0.4, -0.2) is 9.13 Å². The maximum Gasteiger partial charge on any atom is 0.0625 e. The fraction of sp³-hybridized carbons (Fsp3) is 0.303. The first-order valence-electron chi connectivity index (χ1n) is 24.9. The monoisotopic (exact) mass is 968 g/mol. The van der Waals surface area contributed by atoms with Gasteiger partial charge in [-0.1, -0.05) is 189 Å². The Labute approximate surface area is 419 Å². The third-order valence-electron chi connectivity index (χ3n) is 14.8. The van der Waals surface area contributed by atoms with E-state index in [1.54, 1.807) is 0 Å². The molecule has 0 aliphatic heterocycles. The lowest BCUT2D eigenvalue weighted by molar-refractivity contribution is 0.590. The highest BCUT2D eigenvalue weighted by Crippen LogP contribution is 2.47. The molecule has 3 heteroatoms. The Hall–Kier alpha value is -5.90. The minimum atomic E-state index is -0.00976. The van der Waals surface area contributed by atoms with Crippen LogP contribution in [-0.2, 0) is 27.1 Å². The smallest absolute Gasteiger partial charge is 0.0625 e. The second-order valence-corrected chi connectivity index (χ2v) is 25.8. The maximum absolute atomic E-state index is 4.30. The SMILES string of the molecule is CC(C)(C)c1ccc(-c2ccc(-c3cc(Br)c(-n4c5ccc(C(C)(C)C)cc5c5cc(C(C)(C)C)ccc54)cc3-n3c4ccc(C(C)(C)C)cc4c4cc(C(C)(C)C)ccc43)c3ccccc23)cc1. The first kappa shape index (κ1) is 46.8. The molecule has 2 heterocycles. The highest BCUT2D eigenvalue weighted by Gasteiger charge is 2.27. The number of halogens is 1. The van der Waals surface area contributed by atoms with E-state index in [2.05, 4.69) is 275 Å². The summed E-state index contributed by atoms with van der Waals surface area (Å²) in [4.78, 5) is 0. The molecular weight excluding hydrogens is 901 g/mol. The summed E-state index contributed by atoms with van der Waals surface area (Å²) < 4.78 is 6.11. The molecule has 0 unspecified atom stereocenters. The first-order chi connectivity index (χ1) is 32.3. The molecule has 8 aromatic carbocycles. The average molecular weight is 970 g/mol. The van der Waals surface area contributed by atoms with Crippen LogP contribution in [0.5, 0.6) is 0 Å². The van der Waals surface area contributed by atoms with E-state index >= 15 is 0 Å². The molecule has 0 bridgehead atoms. The quantitative estimate of drug-likeness (QED) is 0.166. The molecule has 2 aromatic heterocycles. The van der Waals surface area contributed by atoms with Crippen LogP contribution in [0.4, 0.5) is 0 Å². The van der Waals surface area contributed by atoms with Gasteiger partial charge in [0, 0.05) is 31.6 Å². The van der Waals surface area contributed by atoms with E-state index in [1.165, 1.54) is 104 Å². The standard InChI is InChI=1S/C66H69BrN2/c1-62(2,3)41-22-20-40(21-23-41)46-28-29-49(48-19-17-16-18-47(46)48)54-38-55(67)61(69-58-32-26-44(65(10,11)12)36-52(58)53-37-45(66(13,14)15)27-33-59(53)69)39-60(54)68-56-30-24-42(63(4,5)6)34-50(56)51-35-43(64(7,8)9)25-31-57(51)68/h16-39H,1-15H3. The van der Waals surface area contributed by atoms with E-state index < -0.39 is 0 Å². The van der Waals surface area contributed by atoms with Gasteiger partial charge in [-0.25, -0.2) is 0 Å². The number of hydrogen-bond acceptors (Lipinski definition) is 0. The number of rotatable bonds is 4. The summed E-state index contributed by atoms with van der Waals surface area (Å²) in [6, 6.07) is 56.4. The van der Waals surface area contributed by atoms with Gasteiger partial charge < -0.3 is 9.13 Å². The lowest BCUT2D eigenvalue weighted by Crippen LogP contribution is -2.10. The second-order valence-electron chi connectivity index (χ2n) is 25.0. The zero-order valence-electron chi connectivity index (χ0n) is 43.6. The molecule has 10 rings (SSSR count). The summed E-state index contributed by atoms with van der Waals surface area (Å²) in [5.74, 6) is 0. The van der Waals surface area contributed by atoms with Crippen molar-refractivity contribution in [3.05, 3.63) is 178 Å². The topological polar surface area (TPSA) is 9.86 Å². The summed E-state index contributed by atoms with van der Waals surface area (Å²) in [6.07, 6.45) is 0. The fourth-order valence-corrected chi connectivity index (χ4v) is 11.0. The Kier molecular flexibility index (Phi) is 10.9. The van der Waals surface area contributed by atoms with Gasteiger partial charge >= 0.3 is 0 Å². The molecule has 0 N–H and O–H groups in total. The van der Waals surface area contributed by atoms with E-state index in [0.717, 1.165) is 15.8 Å². The van der Waals surface area contributed by atoms with Gasteiger partial charge in [-0.05, 0) is 159 Å². The van der Waals surface area contributed by atoms with Gasteiger partial charge in [-0.3, -0.25) is 0 Å². The molecule has 10 aromatic rings. The molecular formula is C66H69BrN2. The summed E-state index contributed by atoms with van der Waals surface area (Å²) in [5, 5.41) is 7.57. The van der Waals surface area contributed by atoms with Gasteiger partial charge in [0.15, 0.2) is 0 Å². The molecule has 0 saturated heterocycles. The number of hydrogen-bond donors (Lipinski definition) is 0. The van der Waals surface area contributed by atoms with Crippen LogP contribution in [0.25, 0.3) is 88.0 Å². The zero-order valence-corrected chi connectivity index (χ0v) is 45.2. The van der Waals surface area contributed by atoms with Crippen LogP contribution >= 0.6 is 15.9 Å². The molecule has 0 spiro atoms. The average Bonchev–Trinajstić information content (AvgIpc) is 3.78. The van der Waals surface area contributed by atoms with Crippen molar-refractivity contribution in [3.8, 4) is 33.6 Å². The Morgan fingerprint density at radius 2 is 0.623 bits per heavy atom. The number of benzene rings is 8. The predicted octanol–water partition coefficient (Wildman–Crippen LogP) is 19.6. The van der Waals surface area contributed by atoms with Crippen LogP contribution in [0.2, 0.25) is 0 Å². The highest BCUT2D eigenvalue weighted by molar-refractivity contribution is 9.10. The van der Waals surface area contributed by atoms with Gasteiger partial charge in [-0.2, -0.15) is 0 Å². The Balaban J connectivity index is 1.33. The molecule has 0 saturated carbocycles. The molecule has 0 radical (unpaired) electrons. The summed E-state index contributed by atoms with van der Waals surface area (Å²) in [6.45, 7) is 34.7. The Morgan fingerprint density at radius 1 is 0.290 bits per heavy atom. The third kappa shape index (κ3) is 8.13. The van der Waals surface area contributed by atoms with Gasteiger partial charge in [0.05, 0.1) is 33.4 Å². The van der Waals surface area contributed by atoms with E-state index in [0.29, 0.717) is 0 Å². The van der Waals surface area contributed by atoms with Crippen molar-refractivity contribution in [2.24, 2.45) is 0 Å². The van der Waals surface area contributed by atoms with Gasteiger partial charge in [0.25, 0.3) is 0 Å². The Bertz CT molecular complexity index is 3520. The molecule has 2 nitrogen and oxygen atoms in total. The van der Waals surface area contributed by atoms with E-state index in [9.17, 15) is 0 Å². The largest absolute Gasteiger partial charge is 0.309 e. The normalized spacial score (nSPS) is 13.2. The molecule has 0 aliphatic carbocycles. The predicted molar refractivity (Wildman–Crippen MR) is 305 cm³/mol. The highest BCUT2D eigenvalue weighted by atomic mass is 79.9. The van der Waals surface area contributed by atoms with Crippen molar-refractivity contribution in [2.45, 2.75) is 131 Å². The van der Waals surface area contributed by atoms with Crippen molar-refractivity contribution in [1.82, 2.24) is 9.13 Å². The minimum Gasteiger partial charge on any atom is -0.309 e. The fourth-order valence-electron chi connectivity index (χ4n) is 10.5. The van der Waals surface area contributed by atoms with E-state index in [4.69, 9.17) is 0 Å². The van der Waals surface area contributed by atoms with Crippen molar-refractivity contribution >= 4 is 70.3 Å². The van der Waals surface area contributed by atoms with Gasteiger partial charge in [-0.15, -0.1) is 0 Å². The molecule has 0 amide bonds. The van der Waals surface area contributed by atoms with Crippen LogP contribution in [0.1, 0.15) is 132 Å². The molecule has 69 heavy (non-hydrogen) atoms. The summed E-state index contributed by atoms with van der Waals surface area (Å²) >= 11 is 4.30. The van der Waals surface area contributed by atoms with E-state index in [-0.39, 0.29) is 27.1 Å². The van der Waals surface area contributed by atoms with Gasteiger partial charge in [0.1, 0.15) is 0 Å². The zero-order chi connectivity index (χ0) is 49.3. The lowest BCUT2D eigenvalue weighted by atomic mass is 9.85. The van der Waals surface area contributed by atoms with Crippen molar-refractivity contribution in [1.29, 1.82) is 0 Å². The summed E-state index contributed by atoms with van der Waals surface area (Å²) in [5.41, 5.74) is 18.6. The first-order valence-corrected chi connectivity index (χ1v) is 25.7. The number of nitrogens with zero attached hydrogens (tertiary/aromatic N) is 2. The minimum absolute atomic E-state index is 0.00407. The van der Waals surface area contributed by atoms with E-state index in [1.807, 2.05) is 0 Å². The third-order valence-corrected chi connectivity index (χ3v) is 15.5. The molecule has 0 atom stereocenters. The lowest BCUT2D eigenvalue weighted by Gasteiger charge is -2.22. The van der Waals surface area contributed by atoms with Crippen LogP contribution in [0.3, 0.4) is 0 Å². The van der Waals surface area contributed by atoms with Crippen LogP contribution in [0.15, 0.2) is 150 Å². The maximum atomic E-state index is 4.30. The molecule has 350 valence electrons. The Morgan fingerprint density at radius 3 is 1.00 bits per heavy atom. The van der Waals surface area contributed by atoms with Crippen molar-refractivity contribution in [2.75, 3.05) is 0 Å². The van der Waals surface area contributed by atoms with Crippen LogP contribution in [0, 0.1) is 0 Å². The molecule has 0 fully saturated rings. The van der Waals surface area contributed by atoms with Crippen LogP contribution < -0.4 is 0 Å². The van der Waals surface area contributed by atoms with Crippen molar-refractivity contribution in [3.63, 3.8) is 0 Å². The second kappa shape index (κ2) is 16.1. The number of aromatic nitrogens is 2. The number of fused-ring (bicyclic) bond motifs is 7. The molecule has 0 aliphatic rings. The van der Waals surface area contributed by atoms with Crippen molar-refractivity contribution < 1.29 is 0 Å². The summed E-state index contributed by atoms with van der Waals surface area (Å²) in [7, 11) is 0. The van der Waals surface area contributed by atoms with Gasteiger partial charge in [0.2, 0.25) is 0 Å².